The van der Waals surface area contributed by atoms with Gasteiger partial charge in [0.2, 0.25) is 0 Å². The average molecular weight is 279 g/mol. The van der Waals surface area contributed by atoms with Gasteiger partial charge >= 0.3 is 0 Å². The van der Waals surface area contributed by atoms with Crippen molar-refractivity contribution >= 4 is 11.8 Å². The molecule has 104 valence electrons. The van der Waals surface area contributed by atoms with E-state index in [2.05, 4.69) is 23.1 Å². The van der Waals surface area contributed by atoms with Crippen LogP contribution in [0, 0.1) is 11.7 Å². The van der Waals surface area contributed by atoms with Gasteiger partial charge in [0.25, 0.3) is 0 Å². The monoisotopic (exact) mass is 279 g/mol. The van der Waals surface area contributed by atoms with Crippen molar-refractivity contribution in [3.8, 4) is 0 Å². The lowest BCUT2D eigenvalue weighted by molar-refractivity contribution is 0.271. The lowest BCUT2D eigenvalue weighted by Gasteiger charge is -2.37. The molecule has 1 aliphatic carbocycles. The summed E-state index contributed by atoms with van der Waals surface area (Å²) in [5.74, 6) is 4.02. The van der Waals surface area contributed by atoms with E-state index in [9.17, 15) is 4.39 Å². The van der Waals surface area contributed by atoms with Gasteiger partial charge in [-0.25, -0.2) is 4.39 Å². The second-order valence-electron chi connectivity index (χ2n) is 5.88. The summed E-state index contributed by atoms with van der Waals surface area (Å²) >= 11 is 2.09. The molecule has 1 nitrogen and oxygen atoms in total. The Morgan fingerprint density at radius 1 is 1.21 bits per heavy atom. The van der Waals surface area contributed by atoms with Crippen LogP contribution in [-0.4, -0.2) is 24.1 Å². The largest absolute Gasteiger partial charge is 0.314 e. The minimum atomic E-state index is -0.103. The van der Waals surface area contributed by atoms with Crippen molar-refractivity contribution < 1.29 is 4.39 Å². The molecule has 1 aromatic carbocycles. The molecule has 2 fully saturated rings. The molecule has 0 amide bonds. The minimum absolute atomic E-state index is 0.103. The van der Waals surface area contributed by atoms with Gasteiger partial charge in [-0.2, -0.15) is 11.8 Å². The molecule has 3 rings (SSSR count). The summed E-state index contributed by atoms with van der Waals surface area (Å²) in [7, 11) is 0. The van der Waals surface area contributed by atoms with Crippen molar-refractivity contribution in [2.45, 2.75) is 37.6 Å². The average Bonchev–Trinajstić information content (AvgIpc) is 2.38. The molecule has 1 saturated heterocycles. The third kappa shape index (κ3) is 3.51. The van der Waals surface area contributed by atoms with Crippen molar-refractivity contribution in [3.05, 3.63) is 35.6 Å². The Bertz CT molecular complexity index is 411. The van der Waals surface area contributed by atoms with Gasteiger partial charge in [0.1, 0.15) is 5.82 Å². The van der Waals surface area contributed by atoms with E-state index in [-0.39, 0.29) is 5.82 Å². The summed E-state index contributed by atoms with van der Waals surface area (Å²) in [5.41, 5.74) is 1.17. The summed E-state index contributed by atoms with van der Waals surface area (Å²) in [6, 6.07) is 7.76. The lowest BCUT2D eigenvalue weighted by Crippen LogP contribution is -2.42. The van der Waals surface area contributed by atoms with Gasteiger partial charge < -0.3 is 5.32 Å². The summed E-state index contributed by atoms with van der Waals surface area (Å²) in [6.45, 7) is 1.18. The lowest BCUT2D eigenvalue weighted by atomic mass is 9.75. The van der Waals surface area contributed by atoms with Crippen LogP contribution in [0.1, 0.15) is 37.2 Å². The van der Waals surface area contributed by atoms with Crippen molar-refractivity contribution in [2.24, 2.45) is 5.92 Å². The third-order valence-corrected chi connectivity index (χ3v) is 5.54. The predicted molar refractivity (Wildman–Crippen MR) is 80.2 cm³/mol. The smallest absolute Gasteiger partial charge is 0.123 e. The molecule has 0 bridgehead atoms. The molecular formula is C16H22FNS. The Morgan fingerprint density at radius 2 is 2.00 bits per heavy atom. The molecule has 1 heterocycles. The molecule has 0 radical (unpaired) electrons. The van der Waals surface area contributed by atoms with E-state index in [4.69, 9.17) is 0 Å². The van der Waals surface area contributed by atoms with Gasteiger partial charge in [0.15, 0.2) is 0 Å². The molecule has 1 N–H and O–H groups in total. The number of thioether (sulfide) groups is 1. The minimum Gasteiger partial charge on any atom is -0.314 e. The topological polar surface area (TPSA) is 12.0 Å². The highest BCUT2D eigenvalue weighted by Gasteiger charge is 2.30. The predicted octanol–water partition coefficient (Wildman–Crippen LogP) is 3.80. The van der Waals surface area contributed by atoms with Crippen molar-refractivity contribution in [1.82, 2.24) is 5.32 Å². The van der Waals surface area contributed by atoms with Gasteiger partial charge in [-0.15, -0.1) is 0 Å². The SMILES string of the molecule is Fc1cccc(C2CC(NCC3CCSCC3)C2)c1. The molecule has 1 saturated carbocycles. The molecule has 3 heteroatoms. The number of rotatable bonds is 4. The normalized spacial score (nSPS) is 28.1. The van der Waals surface area contributed by atoms with Crippen LogP contribution in [0.4, 0.5) is 4.39 Å². The van der Waals surface area contributed by atoms with E-state index in [1.807, 2.05) is 6.07 Å². The van der Waals surface area contributed by atoms with Crippen molar-refractivity contribution in [2.75, 3.05) is 18.1 Å². The van der Waals surface area contributed by atoms with Crippen LogP contribution in [-0.2, 0) is 0 Å². The van der Waals surface area contributed by atoms with Gasteiger partial charge in [-0.1, -0.05) is 12.1 Å². The van der Waals surface area contributed by atoms with Crippen LogP contribution in [0.5, 0.6) is 0 Å². The number of hydrogen-bond acceptors (Lipinski definition) is 2. The number of nitrogens with one attached hydrogen (secondary N) is 1. The third-order valence-electron chi connectivity index (χ3n) is 4.49. The molecule has 19 heavy (non-hydrogen) atoms. The highest BCUT2D eigenvalue weighted by atomic mass is 32.2. The second-order valence-corrected chi connectivity index (χ2v) is 7.11. The van der Waals surface area contributed by atoms with E-state index < -0.39 is 0 Å². The van der Waals surface area contributed by atoms with E-state index in [1.165, 1.54) is 55.4 Å². The van der Waals surface area contributed by atoms with Crippen LogP contribution in [0.2, 0.25) is 0 Å². The molecular weight excluding hydrogens is 257 g/mol. The Balaban J connectivity index is 1.40. The first-order chi connectivity index (χ1) is 9.31. The van der Waals surface area contributed by atoms with Crippen molar-refractivity contribution in [1.29, 1.82) is 0 Å². The summed E-state index contributed by atoms with van der Waals surface area (Å²) in [4.78, 5) is 0. The Kier molecular flexibility index (Phi) is 4.44. The zero-order valence-electron chi connectivity index (χ0n) is 11.3. The molecule has 0 spiro atoms. The van der Waals surface area contributed by atoms with Crippen LogP contribution in [0.15, 0.2) is 24.3 Å². The van der Waals surface area contributed by atoms with Crippen LogP contribution < -0.4 is 5.32 Å². The number of halogens is 1. The first kappa shape index (κ1) is 13.4. The Morgan fingerprint density at radius 3 is 2.74 bits per heavy atom. The molecule has 0 unspecified atom stereocenters. The van der Waals surface area contributed by atoms with E-state index in [0.29, 0.717) is 12.0 Å². The van der Waals surface area contributed by atoms with E-state index >= 15 is 0 Å². The Hall–Kier alpha value is -0.540. The maximum atomic E-state index is 13.2. The quantitative estimate of drug-likeness (QED) is 0.899. The Labute approximate surface area is 119 Å². The van der Waals surface area contributed by atoms with Gasteiger partial charge in [0.05, 0.1) is 0 Å². The summed E-state index contributed by atoms with van der Waals surface area (Å²) in [6.07, 6.45) is 5.09. The molecule has 0 atom stereocenters. The molecule has 2 aliphatic rings. The summed E-state index contributed by atoms with van der Waals surface area (Å²) < 4.78 is 13.2. The fourth-order valence-electron chi connectivity index (χ4n) is 3.10. The summed E-state index contributed by atoms with van der Waals surface area (Å²) in [5, 5.41) is 3.70. The van der Waals surface area contributed by atoms with Gasteiger partial charge in [-0.05, 0) is 73.3 Å². The fraction of sp³-hybridized carbons (Fsp3) is 0.625. The molecule has 0 aromatic heterocycles. The van der Waals surface area contributed by atoms with Crippen molar-refractivity contribution in [3.63, 3.8) is 0 Å². The number of hydrogen-bond donors (Lipinski definition) is 1. The zero-order valence-corrected chi connectivity index (χ0v) is 12.1. The molecule has 1 aromatic rings. The molecule has 1 aliphatic heterocycles. The van der Waals surface area contributed by atoms with Crippen LogP contribution >= 0.6 is 11.8 Å². The highest BCUT2D eigenvalue weighted by molar-refractivity contribution is 7.99. The fourth-order valence-corrected chi connectivity index (χ4v) is 4.31. The maximum Gasteiger partial charge on any atom is 0.123 e. The number of benzene rings is 1. The van der Waals surface area contributed by atoms with E-state index in [1.54, 1.807) is 6.07 Å². The standard InChI is InChI=1S/C16H22FNS/c17-15-3-1-2-13(8-15)14-9-16(10-14)18-11-12-4-6-19-7-5-12/h1-3,8,12,14,16,18H,4-7,9-11H2. The van der Waals surface area contributed by atoms with Crippen LogP contribution in [0.3, 0.4) is 0 Å². The second kappa shape index (κ2) is 6.27. The first-order valence-electron chi connectivity index (χ1n) is 7.38. The maximum absolute atomic E-state index is 13.2. The zero-order chi connectivity index (χ0) is 13.1. The van der Waals surface area contributed by atoms with E-state index in [0.717, 1.165) is 5.92 Å². The first-order valence-corrected chi connectivity index (χ1v) is 8.53. The van der Waals surface area contributed by atoms with Gasteiger partial charge in [-0.3, -0.25) is 0 Å². The highest BCUT2D eigenvalue weighted by Crippen LogP contribution is 2.37. The van der Waals surface area contributed by atoms with Crippen LogP contribution in [0.25, 0.3) is 0 Å². The van der Waals surface area contributed by atoms with Gasteiger partial charge in [0, 0.05) is 6.04 Å².